The molecule has 0 bridgehead atoms. The second-order valence-electron chi connectivity index (χ2n) is 3.54. The van der Waals surface area contributed by atoms with Crippen molar-refractivity contribution in [3.63, 3.8) is 0 Å². The lowest BCUT2D eigenvalue weighted by molar-refractivity contribution is 0.0694. The minimum atomic E-state index is -1.20. The van der Waals surface area contributed by atoms with Crippen LogP contribution in [0.5, 0.6) is 0 Å². The fourth-order valence-corrected chi connectivity index (χ4v) is 1.30. The van der Waals surface area contributed by atoms with Gasteiger partial charge in [0.15, 0.2) is 0 Å². The van der Waals surface area contributed by atoms with Crippen molar-refractivity contribution < 1.29 is 9.90 Å². The summed E-state index contributed by atoms with van der Waals surface area (Å²) in [7, 11) is 0. The van der Waals surface area contributed by atoms with Crippen molar-refractivity contribution in [1.82, 2.24) is 4.57 Å². The predicted molar refractivity (Wildman–Crippen MR) is 57.2 cm³/mol. The quantitative estimate of drug-likeness (QED) is 0.763. The van der Waals surface area contributed by atoms with Crippen LogP contribution in [-0.2, 0) is 6.54 Å². The summed E-state index contributed by atoms with van der Waals surface area (Å²) in [6, 6.07) is 2.95. The van der Waals surface area contributed by atoms with Crippen LogP contribution >= 0.6 is 0 Å². The Morgan fingerprint density at radius 1 is 1.53 bits per heavy atom. The van der Waals surface area contributed by atoms with Crippen molar-refractivity contribution in [2.24, 2.45) is 0 Å². The molecular weight excluding hydrogens is 194 g/mol. The summed E-state index contributed by atoms with van der Waals surface area (Å²) < 4.78 is 1.41. The van der Waals surface area contributed by atoms with Gasteiger partial charge in [-0.2, -0.15) is 0 Å². The van der Waals surface area contributed by atoms with Crippen LogP contribution < -0.4 is 5.56 Å². The maximum Gasteiger partial charge on any atom is 0.341 e. The fourth-order valence-electron chi connectivity index (χ4n) is 1.30. The smallest absolute Gasteiger partial charge is 0.341 e. The number of carboxylic acid groups (broad SMARTS) is 1. The minimum absolute atomic E-state index is 0.207. The summed E-state index contributed by atoms with van der Waals surface area (Å²) in [5, 5.41) is 8.78. The third-order valence-corrected chi connectivity index (χ3v) is 2.05. The lowest BCUT2D eigenvalue weighted by atomic mass is 10.2. The number of pyridine rings is 1. The Morgan fingerprint density at radius 3 is 2.60 bits per heavy atom. The Bertz CT molecular complexity index is 471. The van der Waals surface area contributed by atoms with E-state index in [1.165, 1.54) is 10.6 Å². The molecule has 0 amide bonds. The standard InChI is InChI=1S/C11H13NO3/c1-7(2)6-12-8(3)4-5-9(10(12)13)11(14)15/h4-5H,1,6H2,2-3H3,(H,14,15). The molecule has 0 spiro atoms. The maximum atomic E-state index is 11.7. The van der Waals surface area contributed by atoms with E-state index in [0.29, 0.717) is 6.54 Å². The van der Waals surface area contributed by atoms with E-state index in [-0.39, 0.29) is 5.56 Å². The zero-order chi connectivity index (χ0) is 11.6. The maximum absolute atomic E-state index is 11.7. The van der Waals surface area contributed by atoms with Crippen molar-refractivity contribution >= 4 is 5.97 Å². The number of allylic oxidation sites excluding steroid dienone is 1. The van der Waals surface area contributed by atoms with Crippen LogP contribution in [0.2, 0.25) is 0 Å². The highest BCUT2D eigenvalue weighted by Crippen LogP contribution is 2.01. The number of aromatic nitrogens is 1. The van der Waals surface area contributed by atoms with Gasteiger partial charge in [-0.25, -0.2) is 4.79 Å². The van der Waals surface area contributed by atoms with Crippen LogP contribution in [0.3, 0.4) is 0 Å². The largest absolute Gasteiger partial charge is 0.477 e. The van der Waals surface area contributed by atoms with Crippen LogP contribution in [0.15, 0.2) is 29.1 Å². The molecule has 0 aliphatic carbocycles. The van der Waals surface area contributed by atoms with Crippen LogP contribution in [0.1, 0.15) is 23.0 Å². The van der Waals surface area contributed by atoms with Gasteiger partial charge in [-0.1, -0.05) is 12.2 Å². The molecule has 0 aliphatic heterocycles. The number of hydrogen-bond donors (Lipinski definition) is 1. The Balaban J connectivity index is 3.37. The van der Waals surface area contributed by atoms with Crippen LogP contribution in [0, 0.1) is 6.92 Å². The SMILES string of the molecule is C=C(C)Cn1c(C)ccc(C(=O)O)c1=O. The van der Waals surface area contributed by atoms with Gasteiger partial charge in [0, 0.05) is 12.2 Å². The van der Waals surface area contributed by atoms with E-state index in [4.69, 9.17) is 5.11 Å². The first-order chi connectivity index (χ1) is 6.93. The molecule has 1 rings (SSSR count). The molecule has 15 heavy (non-hydrogen) atoms. The number of carbonyl (C=O) groups is 1. The number of nitrogens with zero attached hydrogens (tertiary/aromatic N) is 1. The van der Waals surface area contributed by atoms with E-state index >= 15 is 0 Å². The first kappa shape index (κ1) is 11.2. The monoisotopic (exact) mass is 207 g/mol. The van der Waals surface area contributed by atoms with Gasteiger partial charge < -0.3 is 9.67 Å². The van der Waals surface area contributed by atoms with E-state index in [2.05, 4.69) is 6.58 Å². The normalized spacial score (nSPS) is 10.0. The minimum Gasteiger partial charge on any atom is -0.477 e. The van der Waals surface area contributed by atoms with Crippen molar-refractivity contribution in [2.45, 2.75) is 20.4 Å². The molecule has 0 unspecified atom stereocenters. The van der Waals surface area contributed by atoms with Crippen molar-refractivity contribution in [3.8, 4) is 0 Å². The molecule has 1 aromatic heterocycles. The number of aryl methyl sites for hydroxylation is 1. The summed E-state index contributed by atoms with van der Waals surface area (Å²) in [4.78, 5) is 22.4. The molecule has 0 aliphatic rings. The summed E-state index contributed by atoms with van der Waals surface area (Å²) in [6.45, 7) is 7.60. The molecule has 1 heterocycles. The Hall–Kier alpha value is -1.84. The van der Waals surface area contributed by atoms with Crippen LogP contribution in [-0.4, -0.2) is 15.6 Å². The average molecular weight is 207 g/mol. The lowest BCUT2D eigenvalue weighted by Gasteiger charge is -2.10. The lowest BCUT2D eigenvalue weighted by Crippen LogP contribution is -2.28. The fraction of sp³-hybridized carbons (Fsp3) is 0.273. The van der Waals surface area contributed by atoms with E-state index in [1.54, 1.807) is 19.9 Å². The Labute approximate surface area is 87.5 Å². The molecule has 0 saturated heterocycles. The zero-order valence-electron chi connectivity index (χ0n) is 8.78. The number of hydrogen-bond acceptors (Lipinski definition) is 2. The van der Waals surface area contributed by atoms with E-state index in [1.807, 2.05) is 0 Å². The summed E-state index contributed by atoms with van der Waals surface area (Å²) >= 11 is 0. The molecule has 4 nitrogen and oxygen atoms in total. The topological polar surface area (TPSA) is 59.3 Å². The molecule has 0 radical (unpaired) electrons. The molecule has 0 fully saturated rings. The highest BCUT2D eigenvalue weighted by atomic mass is 16.4. The van der Waals surface area contributed by atoms with E-state index < -0.39 is 11.5 Å². The molecular formula is C11H13NO3. The molecule has 4 heteroatoms. The molecule has 0 saturated carbocycles. The van der Waals surface area contributed by atoms with Crippen LogP contribution in [0.25, 0.3) is 0 Å². The Morgan fingerprint density at radius 2 is 2.13 bits per heavy atom. The van der Waals surface area contributed by atoms with Gasteiger partial charge in [0.2, 0.25) is 0 Å². The second-order valence-corrected chi connectivity index (χ2v) is 3.54. The summed E-state index contributed by atoms with van der Waals surface area (Å²) in [6.07, 6.45) is 0. The number of rotatable bonds is 3. The van der Waals surface area contributed by atoms with Crippen molar-refractivity contribution in [2.75, 3.05) is 0 Å². The Kier molecular flexibility index (Phi) is 3.09. The van der Waals surface area contributed by atoms with Gasteiger partial charge in [-0.15, -0.1) is 0 Å². The molecule has 0 aromatic carbocycles. The summed E-state index contributed by atoms with van der Waals surface area (Å²) in [5.41, 5.74) is 0.850. The zero-order valence-corrected chi connectivity index (χ0v) is 8.78. The molecule has 80 valence electrons. The van der Waals surface area contributed by atoms with E-state index in [0.717, 1.165) is 11.3 Å². The first-order valence-electron chi connectivity index (χ1n) is 4.51. The van der Waals surface area contributed by atoms with Gasteiger partial charge in [-0.05, 0) is 26.0 Å². The van der Waals surface area contributed by atoms with Crippen LogP contribution in [0.4, 0.5) is 0 Å². The van der Waals surface area contributed by atoms with Gasteiger partial charge in [0.25, 0.3) is 5.56 Å². The second kappa shape index (κ2) is 4.13. The van der Waals surface area contributed by atoms with Gasteiger partial charge in [0.05, 0.1) is 0 Å². The number of aromatic carboxylic acids is 1. The number of carboxylic acids is 1. The molecule has 1 N–H and O–H groups in total. The van der Waals surface area contributed by atoms with Gasteiger partial charge >= 0.3 is 5.97 Å². The highest BCUT2D eigenvalue weighted by molar-refractivity contribution is 5.87. The third kappa shape index (κ3) is 2.34. The predicted octanol–water partition coefficient (Wildman–Crippen LogP) is 1.43. The van der Waals surface area contributed by atoms with Crippen molar-refractivity contribution in [1.29, 1.82) is 0 Å². The summed E-state index contributed by atoms with van der Waals surface area (Å²) in [5.74, 6) is -1.20. The highest BCUT2D eigenvalue weighted by Gasteiger charge is 2.11. The van der Waals surface area contributed by atoms with Crippen molar-refractivity contribution in [3.05, 3.63) is 45.9 Å². The van der Waals surface area contributed by atoms with Gasteiger partial charge in [-0.3, -0.25) is 4.79 Å². The van der Waals surface area contributed by atoms with E-state index in [9.17, 15) is 9.59 Å². The average Bonchev–Trinajstić information content (AvgIpc) is 2.11. The third-order valence-electron chi connectivity index (χ3n) is 2.05. The molecule has 1 aromatic rings. The van der Waals surface area contributed by atoms with Gasteiger partial charge in [0.1, 0.15) is 5.56 Å². The molecule has 0 atom stereocenters. The first-order valence-corrected chi connectivity index (χ1v) is 4.51.